The molecule has 1 aromatic rings. The molecule has 0 radical (unpaired) electrons. The van der Waals surface area contributed by atoms with Gasteiger partial charge in [0.25, 0.3) is 0 Å². The number of nitrogens with one attached hydrogen (secondary N) is 2. The van der Waals surface area contributed by atoms with Gasteiger partial charge in [0.1, 0.15) is 0 Å². The van der Waals surface area contributed by atoms with Crippen molar-refractivity contribution in [3.05, 3.63) is 35.9 Å². The van der Waals surface area contributed by atoms with Gasteiger partial charge in [-0.2, -0.15) is 0 Å². The number of guanidine groups is 1. The minimum Gasteiger partial charge on any atom is -0.355 e. The third-order valence-corrected chi connectivity index (χ3v) is 6.22. The Morgan fingerprint density at radius 3 is 2.57 bits per heavy atom. The maximum Gasteiger partial charge on any atom is 0.191 e. The Labute approximate surface area is 171 Å². The first kappa shape index (κ1) is 21.1. The summed E-state index contributed by atoms with van der Waals surface area (Å²) in [5.74, 6) is 0.930. The van der Waals surface area contributed by atoms with E-state index in [0.717, 1.165) is 58.2 Å². The fourth-order valence-electron chi connectivity index (χ4n) is 4.27. The van der Waals surface area contributed by atoms with E-state index in [9.17, 15) is 0 Å². The Morgan fingerprint density at radius 2 is 1.89 bits per heavy atom. The van der Waals surface area contributed by atoms with Gasteiger partial charge in [0.2, 0.25) is 0 Å². The number of likely N-dealkylation sites (N-methyl/N-ethyl adjacent to an activating group) is 1. The van der Waals surface area contributed by atoms with E-state index < -0.39 is 0 Å². The molecule has 0 aliphatic carbocycles. The van der Waals surface area contributed by atoms with Gasteiger partial charge < -0.3 is 15.5 Å². The van der Waals surface area contributed by atoms with E-state index >= 15 is 0 Å². The predicted molar refractivity (Wildman–Crippen MR) is 118 cm³/mol. The molecule has 3 unspecified atom stereocenters. The molecule has 2 N–H and O–H groups in total. The number of hydrogen-bond donors (Lipinski definition) is 2. The molecule has 0 saturated carbocycles. The second kappa shape index (κ2) is 10.2. The average molecular weight is 387 g/mol. The molecule has 2 fully saturated rings. The zero-order valence-electron chi connectivity index (χ0n) is 18.1. The summed E-state index contributed by atoms with van der Waals surface area (Å²) in [6, 6.07) is 12.3. The topological polar surface area (TPSA) is 46.1 Å². The van der Waals surface area contributed by atoms with Gasteiger partial charge >= 0.3 is 0 Å². The van der Waals surface area contributed by atoms with Crippen LogP contribution in [0.1, 0.15) is 25.8 Å². The van der Waals surface area contributed by atoms with Crippen LogP contribution in [0.25, 0.3) is 0 Å². The first-order valence-electron chi connectivity index (χ1n) is 10.7. The molecule has 3 atom stereocenters. The minimum absolute atomic E-state index is 0.448. The van der Waals surface area contributed by atoms with Crippen LogP contribution in [0.5, 0.6) is 0 Å². The number of aliphatic imine (C=N–C) groups is 1. The molecule has 28 heavy (non-hydrogen) atoms. The largest absolute Gasteiger partial charge is 0.355 e. The molecule has 6 nitrogen and oxygen atoms in total. The Morgan fingerprint density at radius 1 is 1.18 bits per heavy atom. The molecule has 2 aliphatic heterocycles. The maximum atomic E-state index is 4.46. The minimum atomic E-state index is 0.448. The number of piperazine rings is 1. The molecular weight excluding hydrogens is 348 g/mol. The fraction of sp³-hybridized carbons (Fsp3) is 0.682. The van der Waals surface area contributed by atoms with E-state index in [4.69, 9.17) is 0 Å². The van der Waals surface area contributed by atoms with Crippen molar-refractivity contribution in [1.82, 2.24) is 25.3 Å². The summed E-state index contributed by atoms with van der Waals surface area (Å²) in [6.07, 6.45) is 1.15. The Bertz CT molecular complexity index is 611. The summed E-state index contributed by atoms with van der Waals surface area (Å²) in [6.45, 7) is 12.3. The van der Waals surface area contributed by atoms with Crippen LogP contribution in [0, 0.1) is 0 Å². The Kier molecular flexibility index (Phi) is 7.71. The molecule has 3 rings (SSSR count). The van der Waals surface area contributed by atoms with Crippen LogP contribution >= 0.6 is 0 Å². The predicted octanol–water partition coefficient (Wildman–Crippen LogP) is 1.45. The number of benzene rings is 1. The molecule has 6 heteroatoms. The van der Waals surface area contributed by atoms with Crippen molar-refractivity contribution in [2.24, 2.45) is 4.99 Å². The lowest BCUT2D eigenvalue weighted by Crippen LogP contribution is -2.53. The highest BCUT2D eigenvalue weighted by atomic mass is 15.3. The van der Waals surface area contributed by atoms with Crippen molar-refractivity contribution in [3.8, 4) is 0 Å². The van der Waals surface area contributed by atoms with E-state index in [1.54, 1.807) is 0 Å². The zero-order valence-corrected chi connectivity index (χ0v) is 18.1. The first-order chi connectivity index (χ1) is 13.5. The van der Waals surface area contributed by atoms with Crippen LogP contribution in [0.4, 0.5) is 0 Å². The van der Waals surface area contributed by atoms with E-state index in [1.165, 1.54) is 5.56 Å². The number of rotatable bonds is 6. The summed E-state index contributed by atoms with van der Waals surface area (Å²) in [5.41, 5.74) is 1.39. The van der Waals surface area contributed by atoms with Crippen molar-refractivity contribution in [1.29, 1.82) is 0 Å². The van der Waals surface area contributed by atoms with Crippen LogP contribution in [0.2, 0.25) is 0 Å². The van der Waals surface area contributed by atoms with Gasteiger partial charge in [-0.3, -0.25) is 14.8 Å². The molecule has 0 amide bonds. The second-order valence-corrected chi connectivity index (χ2v) is 8.48. The van der Waals surface area contributed by atoms with E-state index in [1.807, 2.05) is 7.05 Å². The van der Waals surface area contributed by atoms with Crippen LogP contribution in [0.3, 0.4) is 0 Å². The first-order valence-corrected chi connectivity index (χ1v) is 10.7. The van der Waals surface area contributed by atoms with Gasteiger partial charge in [-0.1, -0.05) is 30.3 Å². The number of likely N-dealkylation sites (tertiary alicyclic amines) is 1. The number of hydrogen-bond acceptors (Lipinski definition) is 4. The summed E-state index contributed by atoms with van der Waals surface area (Å²) < 4.78 is 0. The lowest BCUT2D eigenvalue weighted by molar-refractivity contribution is 0.120. The van der Waals surface area contributed by atoms with Crippen molar-refractivity contribution in [2.45, 2.75) is 44.9 Å². The molecule has 0 bridgehead atoms. The lowest BCUT2D eigenvalue weighted by atomic mass is 10.2. The SMILES string of the molecule is CN=C(NCC(C)N1CCN(C)CC1)NC1CC(C)N(Cc2ccccc2)C1. The third-order valence-electron chi connectivity index (χ3n) is 6.22. The van der Waals surface area contributed by atoms with Crippen LogP contribution in [-0.4, -0.2) is 92.1 Å². The molecule has 2 saturated heterocycles. The maximum absolute atomic E-state index is 4.46. The lowest BCUT2D eigenvalue weighted by Gasteiger charge is -2.36. The summed E-state index contributed by atoms with van der Waals surface area (Å²) in [7, 11) is 4.08. The van der Waals surface area contributed by atoms with Crippen LogP contribution in [-0.2, 0) is 6.54 Å². The highest BCUT2D eigenvalue weighted by Gasteiger charge is 2.29. The fourth-order valence-corrected chi connectivity index (χ4v) is 4.27. The quantitative estimate of drug-likeness (QED) is 0.572. The monoisotopic (exact) mass is 386 g/mol. The van der Waals surface area contributed by atoms with Gasteiger partial charge in [-0.05, 0) is 32.9 Å². The molecule has 0 spiro atoms. The third kappa shape index (κ3) is 5.93. The standard InChI is InChI=1S/C22H38N6/c1-18-14-21(17-28(18)16-20-8-6-5-7-9-20)25-22(23-3)24-15-19(2)27-12-10-26(4)11-13-27/h5-9,18-19,21H,10-17H2,1-4H3,(H2,23,24,25). The highest BCUT2D eigenvalue weighted by molar-refractivity contribution is 5.80. The highest BCUT2D eigenvalue weighted by Crippen LogP contribution is 2.20. The van der Waals surface area contributed by atoms with Crippen molar-refractivity contribution >= 4 is 5.96 Å². The van der Waals surface area contributed by atoms with Gasteiger partial charge in [-0.25, -0.2) is 0 Å². The Balaban J connectivity index is 1.43. The average Bonchev–Trinajstić information content (AvgIpc) is 3.05. The van der Waals surface area contributed by atoms with Gasteiger partial charge in [0.05, 0.1) is 0 Å². The summed E-state index contributed by atoms with van der Waals surface area (Å²) in [4.78, 5) is 12.0. The van der Waals surface area contributed by atoms with Gasteiger partial charge in [0, 0.05) is 71.0 Å². The van der Waals surface area contributed by atoms with Crippen LogP contribution < -0.4 is 10.6 Å². The van der Waals surface area contributed by atoms with E-state index in [2.05, 4.69) is 81.6 Å². The van der Waals surface area contributed by atoms with Gasteiger partial charge in [-0.15, -0.1) is 0 Å². The summed E-state index contributed by atoms with van der Waals surface area (Å²) >= 11 is 0. The molecule has 2 aliphatic rings. The second-order valence-electron chi connectivity index (χ2n) is 8.48. The molecule has 1 aromatic carbocycles. The van der Waals surface area contributed by atoms with E-state index in [-0.39, 0.29) is 0 Å². The Hall–Kier alpha value is -1.63. The molecule has 0 aromatic heterocycles. The zero-order chi connectivity index (χ0) is 19.9. The van der Waals surface area contributed by atoms with Gasteiger partial charge in [0.15, 0.2) is 5.96 Å². The van der Waals surface area contributed by atoms with Crippen molar-refractivity contribution in [3.63, 3.8) is 0 Å². The number of nitrogens with zero attached hydrogens (tertiary/aromatic N) is 4. The summed E-state index contributed by atoms with van der Waals surface area (Å²) in [5, 5.41) is 7.20. The molecule has 2 heterocycles. The van der Waals surface area contributed by atoms with Crippen molar-refractivity contribution < 1.29 is 0 Å². The normalized spacial score (nSPS) is 26.4. The molecule has 156 valence electrons. The van der Waals surface area contributed by atoms with Crippen molar-refractivity contribution in [2.75, 3.05) is 53.4 Å². The molecular formula is C22H38N6. The smallest absolute Gasteiger partial charge is 0.191 e. The van der Waals surface area contributed by atoms with Crippen LogP contribution in [0.15, 0.2) is 35.3 Å². The van der Waals surface area contributed by atoms with E-state index in [0.29, 0.717) is 18.1 Å².